The van der Waals surface area contributed by atoms with Crippen LogP contribution >= 0.6 is 0 Å². The number of aliphatic hydroxyl groups excluding tert-OH is 2. The maximum absolute atomic E-state index is 12.0. The smallest absolute Gasteiger partial charge is 0.351 e. The van der Waals surface area contributed by atoms with Crippen molar-refractivity contribution in [1.29, 1.82) is 0 Å². The molecule has 0 bridgehead atoms. The van der Waals surface area contributed by atoms with Crippen molar-refractivity contribution in [3.63, 3.8) is 0 Å². The third-order valence-electron chi connectivity index (χ3n) is 3.26. The molecule has 0 amide bonds. The molecule has 8 heteroatoms. The van der Waals surface area contributed by atoms with E-state index in [1.54, 1.807) is 24.3 Å². The van der Waals surface area contributed by atoms with Gasteiger partial charge in [0.25, 0.3) is 0 Å². The highest BCUT2D eigenvalue weighted by molar-refractivity contribution is 5.48. The first-order chi connectivity index (χ1) is 9.95. The lowest BCUT2D eigenvalue weighted by Crippen LogP contribution is -2.26. The van der Waals surface area contributed by atoms with Crippen LogP contribution in [0.15, 0.2) is 33.9 Å². The zero-order chi connectivity index (χ0) is 15.6. The van der Waals surface area contributed by atoms with Gasteiger partial charge in [-0.15, -0.1) is 0 Å². The van der Waals surface area contributed by atoms with Gasteiger partial charge in [-0.05, 0) is 24.3 Å². The highest BCUT2D eigenvalue weighted by Crippen LogP contribution is 2.11. The Balaban J connectivity index is 2.26. The number of aliphatic hydroxyl groups is 2. The van der Waals surface area contributed by atoms with Gasteiger partial charge in [-0.25, -0.2) is 23.5 Å². The fourth-order valence-electron chi connectivity index (χ4n) is 1.88. The Labute approximate surface area is 120 Å². The van der Waals surface area contributed by atoms with Crippen molar-refractivity contribution in [3.8, 4) is 5.69 Å². The van der Waals surface area contributed by atoms with Crippen LogP contribution in [-0.2, 0) is 14.1 Å². The van der Waals surface area contributed by atoms with E-state index in [-0.39, 0.29) is 13.2 Å². The summed E-state index contributed by atoms with van der Waals surface area (Å²) in [5, 5.41) is 20.9. The van der Waals surface area contributed by atoms with Gasteiger partial charge in [-0.2, -0.15) is 0 Å². The van der Waals surface area contributed by atoms with Gasteiger partial charge in [-0.1, -0.05) is 0 Å². The highest BCUT2D eigenvalue weighted by atomic mass is 16.3. The lowest BCUT2D eigenvalue weighted by molar-refractivity contribution is 0.105. The zero-order valence-corrected chi connectivity index (χ0v) is 11.9. The van der Waals surface area contributed by atoms with E-state index in [1.165, 1.54) is 23.5 Å². The Kier molecular flexibility index (Phi) is 4.29. The predicted molar refractivity (Wildman–Crippen MR) is 77.8 cm³/mol. The van der Waals surface area contributed by atoms with Crippen LogP contribution in [0.1, 0.15) is 0 Å². The summed E-state index contributed by atoms with van der Waals surface area (Å²) in [5.41, 5.74) is 0.347. The van der Waals surface area contributed by atoms with E-state index < -0.39 is 17.5 Å². The van der Waals surface area contributed by atoms with Crippen LogP contribution in [0, 0.1) is 0 Å². The number of hydrogen-bond donors (Lipinski definition) is 3. The summed E-state index contributed by atoms with van der Waals surface area (Å²) in [4.78, 5) is 24.0. The number of benzene rings is 1. The molecule has 2 aromatic rings. The molecule has 0 saturated heterocycles. The van der Waals surface area contributed by atoms with E-state index >= 15 is 0 Å². The van der Waals surface area contributed by atoms with E-state index in [4.69, 9.17) is 5.11 Å². The summed E-state index contributed by atoms with van der Waals surface area (Å²) in [5.74, 6) is 0. The molecular formula is C13H18N4O4. The monoisotopic (exact) mass is 294 g/mol. The molecule has 1 aromatic carbocycles. The lowest BCUT2D eigenvalue weighted by Gasteiger charge is -2.10. The molecule has 3 N–H and O–H groups in total. The molecule has 2 rings (SSSR count). The number of rotatable bonds is 5. The van der Waals surface area contributed by atoms with Crippen LogP contribution in [0.5, 0.6) is 0 Å². The van der Waals surface area contributed by atoms with Crippen molar-refractivity contribution >= 4 is 5.69 Å². The van der Waals surface area contributed by atoms with Gasteiger partial charge >= 0.3 is 11.4 Å². The molecule has 1 unspecified atom stereocenters. The van der Waals surface area contributed by atoms with Crippen LogP contribution in [-0.4, -0.2) is 43.4 Å². The molecule has 0 aliphatic rings. The summed E-state index contributed by atoms with van der Waals surface area (Å²) in [6.45, 7) is -0.108. The standard InChI is InChI=1S/C13H18N4O4/c1-15-12(20)17(13(21)16(15)2)10-5-3-9(4-6-10)14-7-11(19)8-18/h3-6,11,14,18-19H,7-8H2,1-2H3. The molecule has 0 radical (unpaired) electrons. The first kappa shape index (κ1) is 15.1. The van der Waals surface area contributed by atoms with Crippen LogP contribution in [0.3, 0.4) is 0 Å². The fraction of sp³-hybridized carbons (Fsp3) is 0.385. The van der Waals surface area contributed by atoms with Crippen molar-refractivity contribution in [3.05, 3.63) is 45.2 Å². The third-order valence-corrected chi connectivity index (χ3v) is 3.26. The van der Waals surface area contributed by atoms with E-state index in [2.05, 4.69) is 5.32 Å². The van der Waals surface area contributed by atoms with E-state index in [9.17, 15) is 14.7 Å². The second kappa shape index (κ2) is 5.98. The summed E-state index contributed by atoms with van der Waals surface area (Å²) >= 11 is 0. The van der Waals surface area contributed by atoms with Crippen LogP contribution in [0.25, 0.3) is 5.69 Å². The number of hydrogen-bond acceptors (Lipinski definition) is 5. The number of aromatic nitrogens is 3. The molecule has 114 valence electrons. The van der Waals surface area contributed by atoms with E-state index in [0.29, 0.717) is 11.4 Å². The molecule has 1 atom stereocenters. The molecule has 1 heterocycles. The molecule has 0 spiro atoms. The Morgan fingerprint density at radius 2 is 1.62 bits per heavy atom. The van der Waals surface area contributed by atoms with Gasteiger partial charge in [0, 0.05) is 26.3 Å². The summed E-state index contributed by atoms with van der Waals surface area (Å²) in [6, 6.07) is 6.66. The zero-order valence-electron chi connectivity index (χ0n) is 11.9. The average molecular weight is 294 g/mol. The molecule has 0 aliphatic carbocycles. The van der Waals surface area contributed by atoms with Gasteiger partial charge in [0.1, 0.15) is 0 Å². The van der Waals surface area contributed by atoms with Crippen LogP contribution in [0.2, 0.25) is 0 Å². The summed E-state index contributed by atoms with van der Waals surface area (Å²) in [6.07, 6.45) is -0.839. The van der Waals surface area contributed by atoms with Gasteiger partial charge in [0.15, 0.2) is 0 Å². The van der Waals surface area contributed by atoms with E-state index in [1.807, 2.05) is 0 Å². The van der Waals surface area contributed by atoms with E-state index in [0.717, 1.165) is 4.57 Å². The largest absolute Gasteiger partial charge is 0.394 e. The molecule has 21 heavy (non-hydrogen) atoms. The second-order valence-electron chi connectivity index (χ2n) is 4.71. The van der Waals surface area contributed by atoms with Crippen LogP contribution in [0.4, 0.5) is 5.69 Å². The fourth-order valence-corrected chi connectivity index (χ4v) is 1.88. The molecule has 0 aliphatic heterocycles. The number of anilines is 1. The maximum Gasteiger partial charge on any atom is 0.351 e. The minimum atomic E-state index is -0.839. The van der Waals surface area contributed by atoms with Gasteiger partial charge < -0.3 is 15.5 Å². The minimum absolute atomic E-state index is 0.211. The Morgan fingerprint density at radius 3 is 2.10 bits per heavy atom. The molecule has 0 saturated carbocycles. The molecule has 0 fully saturated rings. The van der Waals surface area contributed by atoms with Crippen molar-refractivity contribution in [2.45, 2.75) is 6.10 Å². The lowest BCUT2D eigenvalue weighted by atomic mass is 10.2. The normalized spacial score (nSPS) is 12.4. The Morgan fingerprint density at radius 1 is 1.10 bits per heavy atom. The van der Waals surface area contributed by atoms with Gasteiger partial charge in [0.05, 0.1) is 18.4 Å². The summed E-state index contributed by atoms with van der Waals surface area (Å²) < 4.78 is 3.53. The quantitative estimate of drug-likeness (QED) is 0.632. The summed E-state index contributed by atoms with van der Waals surface area (Å²) in [7, 11) is 3.04. The Bertz CT molecular complexity index is 693. The first-order valence-electron chi connectivity index (χ1n) is 6.44. The topological polar surface area (TPSA) is 101 Å². The van der Waals surface area contributed by atoms with Crippen molar-refractivity contribution in [2.24, 2.45) is 14.1 Å². The first-order valence-corrected chi connectivity index (χ1v) is 6.44. The highest BCUT2D eigenvalue weighted by Gasteiger charge is 2.12. The van der Waals surface area contributed by atoms with Gasteiger partial charge in [0.2, 0.25) is 0 Å². The number of nitrogens with one attached hydrogen (secondary N) is 1. The molecule has 1 aromatic heterocycles. The minimum Gasteiger partial charge on any atom is -0.394 e. The SMILES string of the molecule is Cn1c(=O)n(-c2ccc(NCC(O)CO)cc2)c(=O)n1C. The van der Waals surface area contributed by atoms with Crippen molar-refractivity contribution in [2.75, 3.05) is 18.5 Å². The maximum atomic E-state index is 12.0. The molecule has 8 nitrogen and oxygen atoms in total. The predicted octanol–water partition coefficient (Wildman–Crippen LogP) is -1.36. The second-order valence-corrected chi connectivity index (χ2v) is 4.71. The van der Waals surface area contributed by atoms with Crippen LogP contribution < -0.4 is 16.7 Å². The van der Waals surface area contributed by atoms with Crippen molar-refractivity contribution in [1.82, 2.24) is 13.9 Å². The number of nitrogens with zero attached hydrogens (tertiary/aromatic N) is 3. The Hall–Kier alpha value is -2.32. The average Bonchev–Trinajstić information content (AvgIpc) is 2.69. The van der Waals surface area contributed by atoms with Crippen molar-refractivity contribution < 1.29 is 10.2 Å². The molecular weight excluding hydrogens is 276 g/mol. The third kappa shape index (κ3) is 2.91. The van der Waals surface area contributed by atoms with Gasteiger partial charge in [-0.3, -0.25) is 0 Å².